The number of fused-ring (bicyclic) bond motifs is 12. The topological polar surface area (TPSA) is 35.9 Å². The number of rotatable bonds is 2. The van der Waals surface area contributed by atoms with Crippen LogP contribution in [0.15, 0.2) is 144 Å². The Labute approximate surface area is 265 Å². The lowest BCUT2D eigenvalue weighted by molar-refractivity contribution is 0.577. The van der Waals surface area contributed by atoms with E-state index in [0.29, 0.717) is 6.01 Å². The van der Waals surface area contributed by atoms with Crippen LogP contribution in [0.25, 0.3) is 97.4 Å². The molecule has 11 aromatic rings. The van der Waals surface area contributed by atoms with Crippen molar-refractivity contribution < 1.29 is 4.42 Å². The molecule has 0 unspecified atom stereocenters. The van der Waals surface area contributed by atoms with Gasteiger partial charge in [0.2, 0.25) is 0 Å². The quantitative estimate of drug-likeness (QED) is 0.196. The number of nitrogens with zero attached hydrogens (tertiary/aromatic N) is 3. The normalized spacial score (nSPS) is 12.3. The molecule has 0 radical (unpaired) electrons. The number of hydrogen-bond donors (Lipinski definition) is 0. The lowest BCUT2D eigenvalue weighted by atomic mass is 10.1. The Morgan fingerprint density at radius 3 is 1.93 bits per heavy atom. The van der Waals surface area contributed by atoms with Crippen LogP contribution in [-0.2, 0) is 0 Å². The summed E-state index contributed by atoms with van der Waals surface area (Å²) < 4.78 is 13.9. The maximum Gasteiger partial charge on any atom is 0.307 e. The van der Waals surface area contributed by atoms with E-state index in [-0.39, 0.29) is 0 Å². The zero-order valence-corrected chi connectivity index (χ0v) is 25.3. The predicted molar refractivity (Wildman–Crippen MR) is 193 cm³/mol. The van der Waals surface area contributed by atoms with Crippen molar-refractivity contribution in [1.29, 1.82) is 0 Å². The Balaban J connectivity index is 1.27. The van der Waals surface area contributed by atoms with Gasteiger partial charge in [-0.3, -0.25) is 4.57 Å². The van der Waals surface area contributed by atoms with Gasteiger partial charge in [0.05, 0.1) is 22.1 Å². The van der Waals surface area contributed by atoms with Gasteiger partial charge in [-0.15, -0.1) is 11.3 Å². The van der Waals surface area contributed by atoms with Gasteiger partial charge in [-0.05, 0) is 65.4 Å². The standard InChI is InChI=1S/C41H23N3OS/c1-2-10-25-22-35-31(21-24(25)9-1)29-18-17-26(43-33-14-6-3-11-27(33)28-12-4-7-15-34(28)43)23-36(29)44(35)41-42-32-19-20-38-39(40(32)45-41)30-13-5-8-16-37(30)46-38/h1-23H. The maximum absolute atomic E-state index is 6.84. The first-order valence-corrected chi connectivity index (χ1v) is 16.3. The molecular formula is C41H23N3OS. The summed E-state index contributed by atoms with van der Waals surface area (Å²) in [4.78, 5) is 5.16. The zero-order valence-electron chi connectivity index (χ0n) is 24.4. The monoisotopic (exact) mass is 605 g/mol. The molecular weight excluding hydrogens is 583 g/mol. The number of aromatic nitrogens is 3. The highest BCUT2D eigenvalue weighted by atomic mass is 32.1. The third-order valence-corrected chi connectivity index (χ3v) is 10.7. The molecule has 4 nitrogen and oxygen atoms in total. The van der Waals surface area contributed by atoms with Gasteiger partial charge in [-0.1, -0.05) is 84.9 Å². The number of hydrogen-bond acceptors (Lipinski definition) is 3. The van der Waals surface area contributed by atoms with Crippen LogP contribution < -0.4 is 0 Å². The van der Waals surface area contributed by atoms with Gasteiger partial charge in [0.15, 0.2) is 5.58 Å². The minimum absolute atomic E-state index is 0.576. The number of oxazole rings is 1. The number of benzene rings is 7. The summed E-state index contributed by atoms with van der Waals surface area (Å²) in [5.74, 6) is 0. The molecule has 214 valence electrons. The lowest BCUT2D eigenvalue weighted by Gasteiger charge is -2.09. The first-order valence-electron chi connectivity index (χ1n) is 15.5. The van der Waals surface area contributed by atoms with Crippen LogP contribution in [0.1, 0.15) is 0 Å². The predicted octanol–water partition coefficient (Wildman–Crippen LogP) is 11.5. The third-order valence-electron chi connectivity index (χ3n) is 9.53. The molecule has 0 atom stereocenters. The first-order chi connectivity index (χ1) is 22.8. The lowest BCUT2D eigenvalue weighted by Crippen LogP contribution is -1.97. The Kier molecular flexibility index (Phi) is 4.69. The van der Waals surface area contributed by atoms with Crippen molar-refractivity contribution in [2.24, 2.45) is 0 Å². The Hall–Kier alpha value is -5.91. The third kappa shape index (κ3) is 3.19. The fraction of sp³-hybridized carbons (Fsp3) is 0. The molecule has 0 fully saturated rings. The van der Waals surface area contributed by atoms with E-state index in [9.17, 15) is 0 Å². The minimum Gasteiger partial charge on any atom is -0.422 e. The highest BCUT2D eigenvalue weighted by Crippen LogP contribution is 2.42. The van der Waals surface area contributed by atoms with Gasteiger partial charge >= 0.3 is 6.01 Å². The van der Waals surface area contributed by atoms with Gasteiger partial charge in [0, 0.05) is 47.4 Å². The highest BCUT2D eigenvalue weighted by molar-refractivity contribution is 7.26. The molecule has 0 aliphatic rings. The molecule has 0 spiro atoms. The molecule has 46 heavy (non-hydrogen) atoms. The van der Waals surface area contributed by atoms with Crippen LogP contribution in [0.4, 0.5) is 0 Å². The fourth-order valence-corrected chi connectivity index (χ4v) is 8.62. The van der Waals surface area contributed by atoms with Crippen molar-refractivity contribution in [3.63, 3.8) is 0 Å². The van der Waals surface area contributed by atoms with E-state index in [1.54, 1.807) is 11.3 Å². The summed E-state index contributed by atoms with van der Waals surface area (Å²) in [6, 6.07) is 50.6. The molecule has 5 heteroatoms. The molecule has 0 N–H and O–H groups in total. The van der Waals surface area contributed by atoms with Crippen molar-refractivity contribution >= 4 is 97.0 Å². The van der Waals surface area contributed by atoms with E-state index in [1.807, 2.05) is 0 Å². The van der Waals surface area contributed by atoms with Gasteiger partial charge in [-0.25, -0.2) is 0 Å². The van der Waals surface area contributed by atoms with Crippen LogP contribution in [-0.4, -0.2) is 14.1 Å². The van der Waals surface area contributed by atoms with Crippen LogP contribution >= 0.6 is 11.3 Å². The van der Waals surface area contributed by atoms with Crippen LogP contribution in [0.3, 0.4) is 0 Å². The molecule has 0 aliphatic heterocycles. The Bertz CT molecular complexity index is 2990. The summed E-state index contributed by atoms with van der Waals surface area (Å²) in [7, 11) is 0. The van der Waals surface area contributed by atoms with Crippen LogP contribution in [0, 0.1) is 0 Å². The molecule has 0 aliphatic carbocycles. The maximum atomic E-state index is 6.84. The number of thiophene rings is 1. The van der Waals surface area contributed by atoms with Gasteiger partial charge in [0.1, 0.15) is 5.52 Å². The van der Waals surface area contributed by atoms with E-state index in [1.165, 1.54) is 58.1 Å². The summed E-state index contributed by atoms with van der Waals surface area (Å²) >= 11 is 1.79. The van der Waals surface area contributed by atoms with Gasteiger partial charge in [0.25, 0.3) is 0 Å². The molecule has 0 amide bonds. The zero-order chi connectivity index (χ0) is 29.9. The molecule has 0 saturated heterocycles. The first kappa shape index (κ1) is 24.4. The fourth-order valence-electron chi connectivity index (χ4n) is 7.52. The van der Waals surface area contributed by atoms with E-state index in [2.05, 4.69) is 149 Å². The molecule has 0 bridgehead atoms. The number of para-hydroxylation sites is 2. The van der Waals surface area contributed by atoms with Gasteiger partial charge in [-0.2, -0.15) is 4.98 Å². The molecule has 7 aromatic carbocycles. The van der Waals surface area contributed by atoms with Crippen LogP contribution in [0.5, 0.6) is 0 Å². The summed E-state index contributed by atoms with van der Waals surface area (Å²) in [6.07, 6.45) is 0. The van der Waals surface area contributed by atoms with Crippen molar-refractivity contribution in [3.8, 4) is 11.7 Å². The average Bonchev–Trinajstić information content (AvgIpc) is 3.85. The molecule has 11 rings (SSSR count). The van der Waals surface area contributed by atoms with Crippen molar-refractivity contribution in [1.82, 2.24) is 14.1 Å². The molecule has 0 saturated carbocycles. The van der Waals surface area contributed by atoms with E-state index < -0.39 is 0 Å². The smallest absolute Gasteiger partial charge is 0.307 e. The van der Waals surface area contributed by atoms with Crippen molar-refractivity contribution in [2.75, 3.05) is 0 Å². The average molecular weight is 606 g/mol. The molecule has 4 heterocycles. The SMILES string of the molecule is c1ccc2cc3c(cc2c1)c1ccc(-n2c4ccccc4c4ccccc42)cc1n3-c1nc2ccc3sc4ccccc4c3c2o1. The largest absolute Gasteiger partial charge is 0.422 e. The van der Waals surface area contributed by atoms with E-state index in [0.717, 1.165) is 33.2 Å². The second-order valence-corrected chi connectivity index (χ2v) is 13.1. The van der Waals surface area contributed by atoms with Crippen molar-refractivity contribution in [2.45, 2.75) is 0 Å². The Morgan fingerprint density at radius 2 is 1.13 bits per heavy atom. The summed E-state index contributed by atoms with van der Waals surface area (Å²) in [6.45, 7) is 0. The van der Waals surface area contributed by atoms with Gasteiger partial charge < -0.3 is 8.98 Å². The second kappa shape index (κ2) is 8.84. The second-order valence-electron chi connectivity index (χ2n) is 12.0. The van der Waals surface area contributed by atoms with Crippen molar-refractivity contribution in [3.05, 3.63) is 140 Å². The van der Waals surface area contributed by atoms with Crippen LogP contribution in [0.2, 0.25) is 0 Å². The highest BCUT2D eigenvalue weighted by Gasteiger charge is 2.21. The van der Waals surface area contributed by atoms with E-state index in [4.69, 9.17) is 9.40 Å². The summed E-state index contributed by atoms with van der Waals surface area (Å²) in [5, 5.41) is 9.57. The summed E-state index contributed by atoms with van der Waals surface area (Å²) in [5.41, 5.74) is 7.30. The molecule has 4 aromatic heterocycles. The van der Waals surface area contributed by atoms with E-state index >= 15 is 0 Å². The minimum atomic E-state index is 0.576. The Morgan fingerprint density at radius 1 is 0.478 bits per heavy atom.